The molecule has 5 amide bonds. The van der Waals surface area contributed by atoms with Gasteiger partial charge in [-0.3, -0.25) is 33.8 Å². The van der Waals surface area contributed by atoms with E-state index in [0.717, 1.165) is 19.3 Å². The summed E-state index contributed by atoms with van der Waals surface area (Å²) < 4.78 is 6.12. The van der Waals surface area contributed by atoms with E-state index in [1.807, 2.05) is 20.8 Å². The van der Waals surface area contributed by atoms with Gasteiger partial charge in [-0.2, -0.15) is 0 Å². The number of Topliss-reactive ketones (excluding diaryl/α,β-unsaturated/α-hetero) is 1. The maximum Gasteiger partial charge on any atom is 0.289 e. The number of carbonyl (C=O) groups is 6. The van der Waals surface area contributed by atoms with Crippen molar-refractivity contribution in [2.75, 3.05) is 6.54 Å². The molecule has 1 saturated heterocycles. The molecule has 4 rings (SSSR count). The van der Waals surface area contributed by atoms with E-state index in [0.29, 0.717) is 24.3 Å². The Morgan fingerprint density at radius 2 is 1.64 bits per heavy atom. The molecule has 2 aromatic heterocycles. The number of aromatic nitrogens is 3. The fourth-order valence-corrected chi connectivity index (χ4v) is 7.06. The first-order chi connectivity index (χ1) is 26.5. The molecule has 1 aliphatic heterocycles. The van der Waals surface area contributed by atoms with Gasteiger partial charge in [-0.25, -0.2) is 9.97 Å². The summed E-state index contributed by atoms with van der Waals surface area (Å²) in [5.41, 5.74) is -0.800. The average Bonchev–Trinajstić information content (AvgIpc) is 3.60. The number of halogens is 1. The van der Waals surface area contributed by atoms with E-state index in [1.54, 1.807) is 39.8 Å². The van der Waals surface area contributed by atoms with Gasteiger partial charge in [-0.1, -0.05) is 78.8 Å². The van der Waals surface area contributed by atoms with Crippen molar-refractivity contribution in [3.8, 4) is 5.88 Å². The maximum absolute atomic E-state index is 14.8. The second kappa shape index (κ2) is 20.0. The highest BCUT2D eigenvalue weighted by atomic mass is 35.5. The molecule has 6 atom stereocenters. The lowest BCUT2D eigenvalue weighted by molar-refractivity contribution is -0.145. The van der Waals surface area contributed by atoms with Crippen LogP contribution in [0.4, 0.5) is 0 Å². The first-order valence-corrected chi connectivity index (χ1v) is 20.0. The predicted octanol–water partition coefficient (Wildman–Crippen LogP) is 3.80. The Morgan fingerprint density at radius 3 is 2.23 bits per heavy atom. The predicted molar refractivity (Wildman–Crippen MR) is 209 cm³/mol. The zero-order valence-electron chi connectivity index (χ0n) is 33.5. The molecule has 2 aliphatic rings. The molecule has 4 N–H and O–H groups in total. The van der Waals surface area contributed by atoms with Gasteiger partial charge in [0.05, 0.1) is 23.8 Å². The standard InChI is InChI=1S/C40H57ClN8O7/c1-8-12-28(33(50)38(54)45-24(4)23(2)3)46-36(52)30-19-27(56-31-16-15-26(41)20-44-31)22-49(30)39(55)34(40(5,6)7)48-37(53)32(25-13-10-9-11-14-25)47-35(51)29-21-42-17-18-43-29/h15-18,20-21,23-25,27-28,30,32,34H,8-14,19,22H2,1-7H3,(H,45,54)(H,46,52)(H,47,51)(H,48,53)/t24-,27+,28-,30-,32?,34+/m0/s1. The molecule has 1 unspecified atom stereocenters. The third-order valence-corrected chi connectivity index (χ3v) is 10.7. The fraction of sp³-hybridized carbons (Fsp3) is 0.625. The van der Waals surface area contributed by atoms with Gasteiger partial charge < -0.3 is 30.9 Å². The lowest BCUT2D eigenvalue weighted by Gasteiger charge is -2.37. The molecule has 2 aromatic rings. The normalized spacial score (nSPS) is 19.6. The van der Waals surface area contributed by atoms with E-state index in [2.05, 4.69) is 36.2 Å². The molecule has 1 saturated carbocycles. The number of nitrogens with one attached hydrogen (secondary N) is 4. The molecular formula is C40H57ClN8O7. The van der Waals surface area contributed by atoms with Gasteiger partial charge in [0.1, 0.15) is 29.9 Å². The first kappa shape index (κ1) is 44.1. The van der Waals surface area contributed by atoms with Gasteiger partial charge in [0.25, 0.3) is 11.8 Å². The van der Waals surface area contributed by atoms with Gasteiger partial charge >= 0.3 is 0 Å². The summed E-state index contributed by atoms with van der Waals surface area (Å²) >= 11 is 6.03. The summed E-state index contributed by atoms with van der Waals surface area (Å²) in [5.74, 6) is -3.71. The first-order valence-electron chi connectivity index (χ1n) is 19.6. The van der Waals surface area contributed by atoms with Crippen LogP contribution >= 0.6 is 11.6 Å². The van der Waals surface area contributed by atoms with E-state index in [1.165, 1.54) is 29.7 Å². The van der Waals surface area contributed by atoms with Gasteiger partial charge in [0, 0.05) is 37.1 Å². The van der Waals surface area contributed by atoms with Crippen LogP contribution in [0.2, 0.25) is 5.02 Å². The Bertz CT molecular complexity index is 1680. The van der Waals surface area contributed by atoms with E-state index in [-0.39, 0.29) is 48.8 Å². The number of likely N-dealkylation sites (tertiary alicyclic amines) is 1. The van der Waals surface area contributed by atoms with Crippen LogP contribution in [-0.2, 0) is 24.0 Å². The molecule has 15 nitrogen and oxygen atoms in total. The minimum atomic E-state index is -1.14. The number of rotatable bonds is 16. The van der Waals surface area contributed by atoms with Crippen molar-refractivity contribution in [2.24, 2.45) is 17.3 Å². The van der Waals surface area contributed by atoms with Crippen molar-refractivity contribution in [1.82, 2.24) is 41.1 Å². The van der Waals surface area contributed by atoms with Gasteiger partial charge in [0.2, 0.25) is 29.4 Å². The molecule has 1 aliphatic carbocycles. The third-order valence-electron chi connectivity index (χ3n) is 10.5. The molecule has 0 aromatic carbocycles. The van der Waals surface area contributed by atoms with Crippen LogP contribution in [0.5, 0.6) is 5.88 Å². The summed E-state index contributed by atoms with van der Waals surface area (Å²) in [6.45, 7) is 12.8. The Hall–Kier alpha value is -4.66. The van der Waals surface area contributed by atoms with Crippen molar-refractivity contribution in [1.29, 1.82) is 0 Å². The summed E-state index contributed by atoms with van der Waals surface area (Å²) in [5, 5.41) is 11.7. The topological polar surface area (TPSA) is 202 Å². The monoisotopic (exact) mass is 796 g/mol. The zero-order valence-corrected chi connectivity index (χ0v) is 34.2. The van der Waals surface area contributed by atoms with Crippen molar-refractivity contribution >= 4 is 46.9 Å². The Kier molecular flexibility index (Phi) is 15.7. The van der Waals surface area contributed by atoms with Gasteiger partial charge in [-0.05, 0) is 49.5 Å². The zero-order chi connectivity index (χ0) is 41.2. The minimum Gasteiger partial charge on any atom is -0.472 e. The molecule has 0 bridgehead atoms. The second-order valence-corrected chi connectivity index (χ2v) is 16.7. The second-order valence-electron chi connectivity index (χ2n) is 16.3. The van der Waals surface area contributed by atoms with Gasteiger partial charge in [0.15, 0.2) is 0 Å². The minimum absolute atomic E-state index is 0.0369. The summed E-state index contributed by atoms with van der Waals surface area (Å²) in [6.07, 6.45) is 9.85. The van der Waals surface area contributed by atoms with E-state index < -0.39 is 71.0 Å². The molecule has 306 valence electrons. The highest BCUT2D eigenvalue weighted by Crippen LogP contribution is 2.30. The molecule has 56 heavy (non-hydrogen) atoms. The fourth-order valence-electron chi connectivity index (χ4n) is 6.95. The lowest BCUT2D eigenvalue weighted by Crippen LogP contribution is -2.62. The van der Waals surface area contributed by atoms with Crippen LogP contribution in [0.25, 0.3) is 0 Å². The molecule has 0 radical (unpaired) electrons. The van der Waals surface area contributed by atoms with Crippen molar-refractivity contribution in [3.63, 3.8) is 0 Å². The Balaban J connectivity index is 1.62. The molecule has 2 fully saturated rings. The third kappa shape index (κ3) is 11.9. The highest BCUT2D eigenvalue weighted by molar-refractivity contribution is 6.38. The number of ether oxygens (including phenoxy) is 1. The van der Waals surface area contributed by atoms with Crippen LogP contribution in [0, 0.1) is 17.3 Å². The van der Waals surface area contributed by atoms with E-state index >= 15 is 0 Å². The van der Waals surface area contributed by atoms with Crippen molar-refractivity contribution in [2.45, 2.75) is 136 Å². The number of hydrogen-bond donors (Lipinski definition) is 4. The number of amides is 5. The highest BCUT2D eigenvalue weighted by Gasteiger charge is 2.47. The number of pyridine rings is 1. The number of hydrogen-bond acceptors (Lipinski definition) is 10. The van der Waals surface area contributed by atoms with Crippen molar-refractivity contribution in [3.05, 3.63) is 47.6 Å². The van der Waals surface area contributed by atoms with Crippen LogP contribution in [0.3, 0.4) is 0 Å². The SMILES string of the molecule is CCC[C@H](NC(=O)[C@@H]1C[C@@H](Oc2ccc(Cl)cn2)CN1C(=O)[C@@H](NC(=O)C(NC(=O)c1cnccn1)C1CCCCC1)C(C)(C)C)C(=O)C(=O)N[C@@H](C)C(C)C. The van der Waals surface area contributed by atoms with Crippen LogP contribution in [-0.4, -0.2) is 98.0 Å². The number of nitrogens with zero attached hydrogens (tertiary/aromatic N) is 4. The average molecular weight is 797 g/mol. The van der Waals surface area contributed by atoms with Crippen LogP contribution < -0.4 is 26.0 Å². The van der Waals surface area contributed by atoms with Gasteiger partial charge in [-0.15, -0.1) is 0 Å². The number of carbonyl (C=O) groups excluding carboxylic acids is 6. The molecule has 16 heteroatoms. The Labute approximate surface area is 334 Å². The molecule has 0 spiro atoms. The molecular weight excluding hydrogens is 740 g/mol. The van der Waals surface area contributed by atoms with Crippen molar-refractivity contribution < 1.29 is 33.5 Å². The maximum atomic E-state index is 14.8. The summed E-state index contributed by atoms with van der Waals surface area (Å²) in [7, 11) is 0. The Morgan fingerprint density at radius 1 is 0.929 bits per heavy atom. The molecule has 3 heterocycles. The quantitative estimate of drug-likeness (QED) is 0.181. The number of ketones is 1. The van der Waals surface area contributed by atoms with Crippen LogP contribution in [0.1, 0.15) is 110 Å². The lowest BCUT2D eigenvalue weighted by atomic mass is 9.82. The van der Waals surface area contributed by atoms with E-state index in [9.17, 15) is 28.8 Å². The smallest absolute Gasteiger partial charge is 0.289 e. The summed E-state index contributed by atoms with van der Waals surface area (Å²) in [6, 6.07) is -1.45. The summed E-state index contributed by atoms with van der Waals surface area (Å²) in [4.78, 5) is 96.5. The van der Waals surface area contributed by atoms with Crippen LogP contribution in [0.15, 0.2) is 36.9 Å². The van der Waals surface area contributed by atoms with E-state index in [4.69, 9.17) is 16.3 Å². The largest absolute Gasteiger partial charge is 0.472 e.